The number of carbonyl (C=O) groups excluding carboxylic acids is 1. The molecule has 0 radical (unpaired) electrons. The maximum absolute atomic E-state index is 14.7. The maximum Gasteiger partial charge on any atom is 0.318 e. The molecule has 8 nitrogen and oxygen atoms in total. The first kappa shape index (κ1) is 31.2. The number of nitriles is 1. The van der Waals surface area contributed by atoms with Gasteiger partial charge in [-0.2, -0.15) is 15.2 Å². The average molecular weight is 637 g/mol. The fourth-order valence-electron chi connectivity index (χ4n) is 9.12. The van der Waals surface area contributed by atoms with Crippen LogP contribution < -0.4 is 9.64 Å². The molecular weight excluding hydrogens is 593 g/mol. The lowest BCUT2D eigenvalue weighted by molar-refractivity contribution is -0.144. The Balaban J connectivity index is 1.23. The van der Waals surface area contributed by atoms with Gasteiger partial charge in [-0.1, -0.05) is 18.2 Å². The number of fused-ring (bicyclic) bond motifs is 4. The zero-order valence-electron chi connectivity index (χ0n) is 26.8. The summed E-state index contributed by atoms with van der Waals surface area (Å²) in [5.41, 5.74) is 1.53. The number of anilines is 1. The van der Waals surface area contributed by atoms with Crippen molar-refractivity contribution in [1.29, 1.82) is 5.26 Å². The van der Waals surface area contributed by atoms with Crippen molar-refractivity contribution in [2.24, 2.45) is 0 Å². The molecule has 3 fully saturated rings. The minimum absolute atomic E-state index is 0.0137. The highest BCUT2D eigenvalue weighted by Crippen LogP contribution is 2.50. The predicted molar refractivity (Wildman–Crippen MR) is 167 cm³/mol. The van der Waals surface area contributed by atoms with E-state index in [1.165, 1.54) is 18.7 Å². The Bertz CT molecular complexity index is 1540. The van der Waals surface area contributed by atoms with E-state index >= 15 is 0 Å². The summed E-state index contributed by atoms with van der Waals surface area (Å²) in [6.45, 7) is 6.26. The molecule has 0 N–H and O–H groups in total. The fourth-order valence-corrected chi connectivity index (χ4v) is 9.12. The van der Waals surface area contributed by atoms with E-state index in [0.29, 0.717) is 45.0 Å². The quantitative estimate of drug-likeness (QED) is 0.398. The van der Waals surface area contributed by atoms with Crippen LogP contribution in [0.2, 0.25) is 0 Å². The van der Waals surface area contributed by atoms with Gasteiger partial charge in [0.15, 0.2) is 5.67 Å². The molecule has 1 spiro atoms. The third kappa shape index (κ3) is 5.30. The lowest BCUT2D eigenvalue weighted by Crippen LogP contribution is -2.58. The van der Waals surface area contributed by atoms with Gasteiger partial charge in [0.25, 0.3) is 12.3 Å². The lowest BCUT2D eigenvalue weighted by Gasteiger charge is -2.44. The van der Waals surface area contributed by atoms with E-state index in [2.05, 4.69) is 15.9 Å². The van der Waals surface area contributed by atoms with Crippen molar-refractivity contribution >= 4 is 11.7 Å². The largest absolute Gasteiger partial charge is 0.461 e. The zero-order valence-corrected chi connectivity index (χ0v) is 26.8. The minimum atomic E-state index is -2.50. The Kier molecular flexibility index (Phi) is 7.94. The second-order valence-electron chi connectivity index (χ2n) is 14.5. The number of rotatable bonds is 7. The highest BCUT2D eigenvalue weighted by molar-refractivity contribution is 5.85. The first-order valence-corrected chi connectivity index (χ1v) is 16.8. The molecular formula is C35H43F3N6O2. The molecule has 7 rings (SSSR count). The molecule has 3 aliphatic heterocycles. The van der Waals surface area contributed by atoms with E-state index in [1.54, 1.807) is 12.1 Å². The van der Waals surface area contributed by atoms with Crippen molar-refractivity contribution in [3.05, 3.63) is 46.1 Å². The van der Waals surface area contributed by atoms with Crippen molar-refractivity contribution in [3.63, 3.8) is 0 Å². The van der Waals surface area contributed by atoms with Crippen LogP contribution in [0.25, 0.3) is 0 Å². The molecule has 2 atom stereocenters. The van der Waals surface area contributed by atoms with Gasteiger partial charge in [0.1, 0.15) is 12.4 Å². The summed E-state index contributed by atoms with van der Waals surface area (Å²) >= 11 is 0. The van der Waals surface area contributed by atoms with Crippen LogP contribution >= 0.6 is 0 Å². The number of ether oxygens (including phenoxy) is 1. The lowest BCUT2D eigenvalue weighted by atomic mass is 9.69. The molecule has 1 aromatic heterocycles. The van der Waals surface area contributed by atoms with Crippen molar-refractivity contribution in [2.45, 2.75) is 107 Å². The molecule has 1 aromatic carbocycles. The molecule has 246 valence electrons. The van der Waals surface area contributed by atoms with Crippen LogP contribution in [0.5, 0.6) is 6.01 Å². The Morgan fingerprint density at radius 2 is 1.83 bits per heavy atom. The molecule has 46 heavy (non-hydrogen) atoms. The third-order valence-electron chi connectivity index (χ3n) is 11.4. The molecule has 3 saturated heterocycles. The average Bonchev–Trinajstić information content (AvgIpc) is 3.72. The van der Waals surface area contributed by atoms with Crippen molar-refractivity contribution < 1.29 is 22.7 Å². The van der Waals surface area contributed by atoms with Crippen LogP contribution in [0.15, 0.2) is 18.2 Å². The van der Waals surface area contributed by atoms with Crippen LogP contribution in [-0.4, -0.2) is 82.3 Å². The normalized spacial score (nSPS) is 25.5. The Labute approximate surface area is 268 Å². The van der Waals surface area contributed by atoms with E-state index < -0.39 is 24.0 Å². The Hall–Kier alpha value is -3.39. The number of amides is 1. The first-order chi connectivity index (χ1) is 22.0. The molecule has 1 amide bonds. The fraction of sp³-hybridized carbons (Fsp3) is 0.657. The summed E-state index contributed by atoms with van der Waals surface area (Å²) < 4.78 is 49.1. The number of nitrogens with zero attached hydrogens (tertiary/aromatic N) is 6. The van der Waals surface area contributed by atoms with Gasteiger partial charge < -0.3 is 14.5 Å². The van der Waals surface area contributed by atoms with E-state index in [9.17, 15) is 23.2 Å². The van der Waals surface area contributed by atoms with Gasteiger partial charge in [0.2, 0.25) is 0 Å². The van der Waals surface area contributed by atoms with Crippen LogP contribution in [0.3, 0.4) is 0 Å². The van der Waals surface area contributed by atoms with Gasteiger partial charge in [-0.25, -0.2) is 13.2 Å². The topological polar surface area (TPSA) is 85.6 Å². The van der Waals surface area contributed by atoms with Crippen LogP contribution in [-0.2, 0) is 29.5 Å². The Morgan fingerprint density at radius 1 is 1.09 bits per heavy atom. The summed E-state index contributed by atoms with van der Waals surface area (Å²) in [6, 6.07) is 7.34. The highest BCUT2D eigenvalue weighted by atomic mass is 19.3. The highest BCUT2D eigenvalue weighted by Gasteiger charge is 2.47. The Morgan fingerprint density at radius 3 is 2.52 bits per heavy atom. The van der Waals surface area contributed by atoms with Crippen molar-refractivity contribution in [3.8, 4) is 12.1 Å². The molecule has 2 aromatic rings. The number of alkyl halides is 3. The van der Waals surface area contributed by atoms with E-state index in [1.807, 2.05) is 6.07 Å². The van der Waals surface area contributed by atoms with Gasteiger partial charge in [0, 0.05) is 36.2 Å². The van der Waals surface area contributed by atoms with Crippen LogP contribution in [0.4, 0.5) is 19.0 Å². The number of hydrogen-bond donors (Lipinski definition) is 0. The number of benzene rings is 1. The van der Waals surface area contributed by atoms with Gasteiger partial charge in [0.05, 0.1) is 29.8 Å². The molecule has 4 heterocycles. The minimum Gasteiger partial charge on any atom is -0.461 e. The molecule has 0 saturated carbocycles. The smallest absolute Gasteiger partial charge is 0.318 e. The summed E-state index contributed by atoms with van der Waals surface area (Å²) in [5.74, 6) is 0.138. The van der Waals surface area contributed by atoms with E-state index in [0.717, 1.165) is 79.8 Å². The van der Waals surface area contributed by atoms with E-state index in [-0.39, 0.29) is 29.5 Å². The number of hydrogen-bond acceptors (Lipinski definition) is 7. The third-order valence-corrected chi connectivity index (χ3v) is 11.4. The zero-order chi connectivity index (χ0) is 32.3. The summed E-state index contributed by atoms with van der Waals surface area (Å²) in [5, 5.41) is 9.62. The summed E-state index contributed by atoms with van der Waals surface area (Å²) in [7, 11) is 0. The maximum atomic E-state index is 14.7. The SMILES string of the molecule is CC(C)(F)C(=O)N1CCN(c2nc(OCC34CCCN3CCC4)nc3c2CCC2(CCc4c(C(F)F)cccc42)C3)C[C@@H]1CC#N. The molecule has 2 aliphatic carbocycles. The molecule has 1 unspecified atom stereocenters. The number of piperazine rings is 1. The summed E-state index contributed by atoms with van der Waals surface area (Å²) in [4.78, 5) is 29.2. The van der Waals surface area contributed by atoms with Gasteiger partial charge in [-0.3, -0.25) is 9.69 Å². The number of aromatic nitrogens is 2. The molecule has 5 aliphatic rings. The van der Waals surface area contributed by atoms with E-state index in [4.69, 9.17) is 14.7 Å². The van der Waals surface area contributed by atoms with Gasteiger partial charge in [-0.15, -0.1) is 0 Å². The van der Waals surface area contributed by atoms with Crippen molar-refractivity contribution in [2.75, 3.05) is 44.2 Å². The number of carbonyl (C=O) groups is 1. The van der Waals surface area contributed by atoms with Crippen molar-refractivity contribution in [1.82, 2.24) is 19.8 Å². The van der Waals surface area contributed by atoms with Crippen LogP contribution in [0.1, 0.15) is 93.2 Å². The first-order valence-electron chi connectivity index (χ1n) is 16.8. The van der Waals surface area contributed by atoms with Crippen LogP contribution in [0, 0.1) is 11.3 Å². The predicted octanol–water partition coefficient (Wildman–Crippen LogP) is 5.47. The second kappa shape index (κ2) is 11.7. The van der Waals surface area contributed by atoms with Gasteiger partial charge >= 0.3 is 6.01 Å². The number of halogens is 3. The molecule has 11 heteroatoms. The summed E-state index contributed by atoms with van der Waals surface area (Å²) in [6.07, 6.45) is 5.58. The van der Waals surface area contributed by atoms with Gasteiger partial charge in [-0.05, 0) is 95.9 Å². The monoisotopic (exact) mass is 636 g/mol. The molecule has 0 bridgehead atoms. The standard InChI is InChI=1S/C35H43F3N6O2/c1-33(2,38)31(45)44-19-18-42(21-23(44)10-15-39)30-26-9-14-34(13-8-24-25(29(36)37)6-3-7-27(24)34)20-28(26)40-32(41-30)46-22-35-11-4-16-43(35)17-5-12-35/h3,6-7,23,29H,4-5,8-14,16-22H2,1-2H3/t23-,34?/m0/s1. The second-order valence-corrected chi connectivity index (χ2v) is 14.5.